The number of rotatable bonds is 1. The van der Waals surface area contributed by atoms with Gasteiger partial charge in [-0.3, -0.25) is 0 Å². The molecule has 1 aromatic rings. The molecule has 0 spiro atoms. The van der Waals surface area contributed by atoms with Gasteiger partial charge in [0.1, 0.15) is 5.82 Å². The molecule has 0 fully saturated rings. The molecule has 0 aromatic heterocycles. The highest BCUT2D eigenvalue weighted by molar-refractivity contribution is 6.30. The number of nitriles is 1. The minimum atomic E-state index is -0.495. The fraction of sp³-hybridized carbons (Fsp3) is 0. The molecule has 0 radical (unpaired) electrons. The highest BCUT2D eigenvalue weighted by Gasteiger charge is 2.01. The van der Waals surface area contributed by atoms with Crippen LogP contribution in [-0.2, 0) is 0 Å². The fourth-order valence-corrected chi connectivity index (χ4v) is 0.958. The van der Waals surface area contributed by atoms with Crippen LogP contribution in [0.4, 0.5) is 4.39 Å². The Morgan fingerprint density at radius 1 is 1.50 bits per heavy atom. The molecule has 0 heterocycles. The highest BCUT2D eigenvalue weighted by Crippen LogP contribution is 2.18. The summed E-state index contributed by atoms with van der Waals surface area (Å²) in [6.07, 6.45) is 2.58. The van der Waals surface area contributed by atoms with Gasteiger partial charge in [-0.1, -0.05) is 23.7 Å². The first-order chi connectivity index (χ1) is 5.75. The van der Waals surface area contributed by atoms with Crippen molar-refractivity contribution in [2.24, 2.45) is 0 Å². The van der Waals surface area contributed by atoms with E-state index in [1.807, 2.05) is 0 Å². The van der Waals surface area contributed by atoms with Gasteiger partial charge in [0.15, 0.2) is 0 Å². The summed E-state index contributed by atoms with van der Waals surface area (Å²) in [6.45, 7) is 0. The first-order valence-electron chi connectivity index (χ1n) is 3.26. The van der Waals surface area contributed by atoms with E-state index in [1.165, 1.54) is 18.2 Å². The molecular weight excluding hydrogens is 177 g/mol. The zero-order chi connectivity index (χ0) is 8.97. The number of hydrogen-bond donors (Lipinski definition) is 0. The second kappa shape index (κ2) is 3.89. The van der Waals surface area contributed by atoms with Crippen LogP contribution >= 0.6 is 11.6 Å². The Bertz CT molecular complexity index is 352. The molecule has 0 saturated heterocycles. The second-order valence-corrected chi connectivity index (χ2v) is 2.51. The van der Waals surface area contributed by atoms with Gasteiger partial charge in [-0.2, -0.15) is 5.26 Å². The SMILES string of the molecule is N#CC=Cc1cccc(Cl)c1F. The molecule has 0 amide bonds. The summed E-state index contributed by atoms with van der Waals surface area (Å²) in [4.78, 5) is 0. The van der Waals surface area contributed by atoms with Crippen molar-refractivity contribution in [3.05, 3.63) is 40.7 Å². The largest absolute Gasteiger partial charge is 0.205 e. The number of halogens is 2. The molecule has 0 aliphatic heterocycles. The van der Waals surface area contributed by atoms with Crippen LogP contribution in [0.1, 0.15) is 5.56 Å². The van der Waals surface area contributed by atoms with E-state index in [0.29, 0.717) is 5.56 Å². The van der Waals surface area contributed by atoms with Gasteiger partial charge in [-0.15, -0.1) is 0 Å². The van der Waals surface area contributed by atoms with E-state index in [2.05, 4.69) is 0 Å². The van der Waals surface area contributed by atoms with Gasteiger partial charge < -0.3 is 0 Å². The quantitative estimate of drug-likeness (QED) is 0.611. The molecular formula is C9H5ClFN. The molecule has 0 aliphatic carbocycles. The van der Waals surface area contributed by atoms with Crippen LogP contribution in [0.3, 0.4) is 0 Å². The predicted molar refractivity (Wildman–Crippen MR) is 46.1 cm³/mol. The Morgan fingerprint density at radius 3 is 2.92 bits per heavy atom. The second-order valence-electron chi connectivity index (χ2n) is 2.11. The van der Waals surface area contributed by atoms with Gasteiger partial charge in [-0.05, 0) is 12.1 Å². The first-order valence-corrected chi connectivity index (χ1v) is 3.63. The molecule has 0 atom stereocenters. The predicted octanol–water partition coefficient (Wildman–Crippen LogP) is 3.02. The highest BCUT2D eigenvalue weighted by atomic mass is 35.5. The Hall–Kier alpha value is -1.33. The number of hydrogen-bond acceptors (Lipinski definition) is 1. The van der Waals surface area contributed by atoms with E-state index in [-0.39, 0.29) is 5.02 Å². The lowest BCUT2D eigenvalue weighted by molar-refractivity contribution is 0.625. The normalized spacial score (nSPS) is 10.1. The molecule has 3 heteroatoms. The van der Waals surface area contributed by atoms with Crippen LogP contribution in [0.2, 0.25) is 5.02 Å². The number of benzene rings is 1. The third-order valence-electron chi connectivity index (χ3n) is 1.32. The molecule has 0 saturated carbocycles. The van der Waals surface area contributed by atoms with Crippen LogP contribution in [0, 0.1) is 17.1 Å². The molecule has 60 valence electrons. The third-order valence-corrected chi connectivity index (χ3v) is 1.61. The van der Waals surface area contributed by atoms with Crippen LogP contribution in [0.25, 0.3) is 6.08 Å². The molecule has 1 nitrogen and oxygen atoms in total. The Balaban J connectivity index is 3.10. The van der Waals surface area contributed by atoms with Crippen molar-refractivity contribution in [2.45, 2.75) is 0 Å². The van der Waals surface area contributed by atoms with Crippen molar-refractivity contribution in [1.29, 1.82) is 5.26 Å². The summed E-state index contributed by atoms with van der Waals surface area (Å²) in [5.74, 6) is -0.495. The standard InChI is InChI=1S/C9H5ClFN/c10-8-5-1-3-7(9(8)11)4-2-6-12/h1-5H. The average Bonchev–Trinajstić information content (AvgIpc) is 2.08. The van der Waals surface area contributed by atoms with Crippen molar-refractivity contribution in [3.63, 3.8) is 0 Å². The third kappa shape index (κ3) is 1.84. The molecule has 0 unspecified atom stereocenters. The fourth-order valence-electron chi connectivity index (χ4n) is 0.776. The van der Waals surface area contributed by atoms with Gasteiger partial charge >= 0.3 is 0 Å². The lowest BCUT2D eigenvalue weighted by Gasteiger charge is -1.96. The maximum atomic E-state index is 13.0. The van der Waals surface area contributed by atoms with E-state index >= 15 is 0 Å². The van der Waals surface area contributed by atoms with Gasteiger partial charge in [0, 0.05) is 11.6 Å². The van der Waals surface area contributed by atoms with Crippen molar-refractivity contribution in [2.75, 3.05) is 0 Å². The number of nitrogens with zero attached hydrogens (tertiary/aromatic N) is 1. The molecule has 0 N–H and O–H groups in total. The molecule has 12 heavy (non-hydrogen) atoms. The maximum absolute atomic E-state index is 13.0. The minimum absolute atomic E-state index is 0.0649. The van der Waals surface area contributed by atoms with E-state index in [1.54, 1.807) is 18.2 Å². The zero-order valence-electron chi connectivity index (χ0n) is 6.09. The van der Waals surface area contributed by atoms with Crippen LogP contribution in [-0.4, -0.2) is 0 Å². The van der Waals surface area contributed by atoms with Gasteiger partial charge in [0.05, 0.1) is 11.1 Å². The Morgan fingerprint density at radius 2 is 2.25 bits per heavy atom. The first kappa shape index (κ1) is 8.76. The maximum Gasteiger partial charge on any atom is 0.149 e. The van der Waals surface area contributed by atoms with Gasteiger partial charge in [-0.25, -0.2) is 4.39 Å². The topological polar surface area (TPSA) is 23.8 Å². The van der Waals surface area contributed by atoms with E-state index in [4.69, 9.17) is 16.9 Å². The summed E-state index contributed by atoms with van der Waals surface area (Å²) in [7, 11) is 0. The molecule has 0 bridgehead atoms. The van der Waals surface area contributed by atoms with Crippen LogP contribution < -0.4 is 0 Å². The van der Waals surface area contributed by atoms with E-state index in [0.717, 1.165) is 0 Å². The van der Waals surface area contributed by atoms with Crippen molar-refractivity contribution < 1.29 is 4.39 Å². The smallest absolute Gasteiger partial charge is 0.149 e. The average molecular weight is 182 g/mol. The Kier molecular flexibility index (Phi) is 2.84. The summed E-state index contributed by atoms with van der Waals surface area (Å²) in [5, 5.41) is 8.26. The van der Waals surface area contributed by atoms with Gasteiger partial charge in [0.25, 0.3) is 0 Å². The summed E-state index contributed by atoms with van der Waals surface area (Å²) < 4.78 is 13.0. The van der Waals surface area contributed by atoms with Crippen molar-refractivity contribution >= 4 is 17.7 Å². The summed E-state index contributed by atoms with van der Waals surface area (Å²) >= 11 is 5.50. The van der Waals surface area contributed by atoms with Crippen LogP contribution in [0.5, 0.6) is 0 Å². The Labute approximate surface area is 74.7 Å². The van der Waals surface area contributed by atoms with E-state index in [9.17, 15) is 4.39 Å². The summed E-state index contributed by atoms with van der Waals surface area (Å²) in [6, 6.07) is 6.41. The molecule has 1 aromatic carbocycles. The zero-order valence-corrected chi connectivity index (χ0v) is 6.85. The van der Waals surface area contributed by atoms with Gasteiger partial charge in [0.2, 0.25) is 0 Å². The molecule has 0 aliphatic rings. The summed E-state index contributed by atoms with van der Waals surface area (Å²) in [5.41, 5.74) is 0.323. The van der Waals surface area contributed by atoms with Crippen LogP contribution in [0.15, 0.2) is 24.3 Å². The molecule has 1 rings (SSSR count). The monoisotopic (exact) mass is 181 g/mol. The van der Waals surface area contributed by atoms with Crippen molar-refractivity contribution in [1.82, 2.24) is 0 Å². The lowest BCUT2D eigenvalue weighted by Crippen LogP contribution is -1.81. The lowest BCUT2D eigenvalue weighted by atomic mass is 10.2. The van der Waals surface area contributed by atoms with Crippen molar-refractivity contribution in [3.8, 4) is 6.07 Å². The number of allylic oxidation sites excluding steroid dienone is 1. The minimum Gasteiger partial charge on any atom is -0.205 e. The van der Waals surface area contributed by atoms with E-state index < -0.39 is 5.82 Å².